The predicted octanol–water partition coefficient (Wildman–Crippen LogP) is 1.65. The standard InChI is InChI=1S/C14H18ClN3O5S/c1-24(22,23)17-6-4-10(5-7-17)9-16-14(19)12-3-2-11(18(20)21)8-13(12)15/h2-3,8,10H,4-7,9H2,1H3,(H,16,19). The van der Waals surface area contributed by atoms with E-state index in [2.05, 4.69) is 5.32 Å². The third-order valence-corrected chi connectivity index (χ3v) is 5.62. The van der Waals surface area contributed by atoms with Crippen LogP contribution in [0, 0.1) is 16.0 Å². The van der Waals surface area contributed by atoms with Crippen molar-refractivity contribution in [2.45, 2.75) is 12.8 Å². The van der Waals surface area contributed by atoms with Crippen molar-refractivity contribution in [3.05, 3.63) is 38.9 Å². The molecule has 0 unspecified atom stereocenters. The SMILES string of the molecule is CS(=O)(=O)N1CCC(CNC(=O)c2ccc([N+](=O)[O-])cc2Cl)CC1. The fourth-order valence-electron chi connectivity index (χ4n) is 2.58. The Bertz CT molecular complexity index is 745. The lowest BCUT2D eigenvalue weighted by Gasteiger charge is -2.30. The first-order valence-corrected chi connectivity index (χ1v) is 9.58. The van der Waals surface area contributed by atoms with Gasteiger partial charge in [-0.25, -0.2) is 12.7 Å². The Morgan fingerprint density at radius 1 is 1.42 bits per heavy atom. The molecule has 8 nitrogen and oxygen atoms in total. The monoisotopic (exact) mass is 375 g/mol. The highest BCUT2D eigenvalue weighted by Crippen LogP contribution is 2.23. The summed E-state index contributed by atoms with van der Waals surface area (Å²) in [6, 6.07) is 3.69. The number of carbonyl (C=O) groups is 1. The lowest BCUT2D eigenvalue weighted by Crippen LogP contribution is -2.41. The third kappa shape index (κ3) is 4.65. The second-order valence-electron chi connectivity index (χ2n) is 5.74. The maximum absolute atomic E-state index is 12.1. The molecule has 1 N–H and O–H groups in total. The zero-order valence-electron chi connectivity index (χ0n) is 13.1. The number of nitrogens with zero attached hydrogens (tertiary/aromatic N) is 2. The van der Waals surface area contributed by atoms with E-state index in [-0.39, 0.29) is 22.2 Å². The molecule has 0 radical (unpaired) electrons. The minimum Gasteiger partial charge on any atom is -0.352 e. The van der Waals surface area contributed by atoms with E-state index in [0.29, 0.717) is 32.5 Å². The van der Waals surface area contributed by atoms with Gasteiger partial charge in [-0.15, -0.1) is 0 Å². The van der Waals surface area contributed by atoms with Gasteiger partial charge in [0.15, 0.2) is 0 Å². The van der Waals surface area contributed by atoms with Crippen LogP contribution in [0.4, 0.5) is 5.69 Å². The van der Waals surface area contributed by atoms with Crippen molar-refractivity contribution in [2.24, 2.45) is 5.92 Å². The Morgan fingerprint density at radius 3 is 2.54 bits per heavy atom. The summed E-state index contributed by atoms with van der Waals surface area (Å²) in [4.78, 5) is 22.2. The Labute approximate surface area is 145 Å². The molecule has 1 fully saturated rings. The molecule has 1 amide bonds. The molecule has 0 bridgehead atoms. The van der Waals surface area contributed by atoms with Crippen LogP contribution < -0.4 is 5.32 Å². The van der Waals surface area contributed by atoms with Crippen molar-refractivity contribution in [3.8, 4) is 0 Å². The molecule has 2 rings (SSSR count). The van der Waals surface area contributed by atoms with Gasteiger partial charge in [0, 0.05) is 31.8 Å². The molecule has 1 aromatic rings. The summed E-state index contributed by atoms with van der Waals surface area (Å²) in [6.07, 6.45) is 2.52. The molecular weight excluding hydrogens is 358 g/mol. The molecule has 132 valence electrons. The summed E-state index contributed by atoms with van der Waals surface area (Å²) in [7, 11) is -3.17. The number of halogens is 1. The van der Waals surface area contributed by atoms with Crippen LogP contribution in [0.2, 0.25) is 5.02 Å². The highest BCUT2D eigenvalue weighted by molar-refractivity contribution is 7.88. The summed E-state index contributed by atoms with van der Waals surface area (Å²) in [5, 5.41) is 13.4. The van der Waals surface area contributed by atoms with Crippen molar-refractivity contribution in [3.63, 3.8) is 0 Å². The second-order valence-corrected chi connectivity index (χ2v) is 8.13. The van der Waals surface area contributed by atoms with Crippen molar-refractivity contribution in [2.75, 3.05) is 25.9 Å². The van der Waals surface area contributed by atoms with E-state index in [1.165, 1.54) is 22.7 Å². The molecule has 1 aliphatic rings. The molecular formula is C14H18ClN3O5S. The van der Waals surface area contributed by atoms with Gasteiger partial charge in [0.1, 0.15) is 0 Å². The van der Waals surface area contributed by atoms with E-state index < -0.39 is 20.9 Å². The van der Waals surface area contributed by atoms with Crippen LogP contribution in [-0.4, -0.2) is 49.4 Å². The first kappa shape index (κ1) is 18.6. The first-order chi connectivity index (χ1) is 11.2. The minimum absolute atomic E-state index is 0.0218. The highest BCUT2D eigenvalue weighted by atomic mass is 35.5. The predicted molar refractivity (Wildman–Crippen MR) is 89.6 cm³/mol. The van der Waals surface area contributed by atoms with E-state index in [1.807, 2.05) is 0 Å². The van der Waals surface area contributed by atoms with Crippen molar-refractivity contribution < 1.29 is 18.1 Å². The van der Waals surface area contributed by atoms with Crippen molar-refractivity contribution in [1.82, 2.24) is 9.62 Å². The number of rotatable bonds is 5. The average Bonchev–Trinajstić information content (AvgIpc) is 2.52. The molecule has 10 heteroatoms. The Balaban J connectivity index is 1.89. The van der Waals surface area contributed by atoms with Gasteiger partial charge in [-0.2, -0.15) is 0 Å². The number of benzene rings is 1. The summed E-state index contributed by atoms with van der Waals surface area (Å²) in [5.74, 6) is -0.218. The molecule has 24 heavy (non-hydrogen) atoms. The number of amides is 1. The fourth-order valence-corrected chi connectivity index (χ4v) is 3.71. The molecule has 1 aromatic carbocycles. The molecule has 0 aliphatic carbocycles. The van der Waals surface area contributed by atoms with Gasteiger partial charge in [-0.1, -0.05) is 11.6 Å². The number of piperidine rings is 1. The topological polar surface area (TPSA) is 110 Å². The van der Waals surface area contributed by atoms with Crippen LogP contribution >= 0.6 is 11.6 Å². The number of non-ortho nitro benzene ring substituents is 1. The number of hydrogen-bond donors (Lipinski definition) is 1. The molecule has 1 heterocycles. The highest BCUT2D eigenvalue weighted by Gasteiger charge is 2.25. The fraction of sp³-hybridized carbons (Fsp3) is 0.500. The van der Waals surface area contributed by atoms with Gasteiger partial charge in [0.05, 0.1) is 21.8 Å². The summed E-state index contributed by atoms with van der Waals surface area (Å²) >= 11 is 5.92. The number of nitro groups is 1. The maximum atomic E-state index is 12.1. The van der Waals surface area contributed by atoms with Crippen LogP contribution in [0.3, 0.4) is 0 Å². The maximum Gasteiger partial charge on any atom is 0.270 e. The lowest BCUT2D eigenvalue weighted by atomic mass is 9.98. The van der Waals surface area contributed by atoms with Crippen molar-refractivity contribution in [1.29, 1.82) is 0 Å². The zero-order valence-corrected chi connectivity index (χ0v) is 14.6. The van der Waals surface area contributed by atoms with Crippen LogP contribution in [0.15, 0.2) is 18.2 Å². The average molecular weight is 376 g/mol. The first-order valence-electron chi connectivity index (χ1n) is 7.35. The van der Waals surface area contributed by atoms with E-state index in [4.69, 9.17) is 11.6 Å². The number of sulfonamides is 1. The van der Waals surface area contributed by atoms with Gasteiger partial charge in [-0.3, -0.25) is 14.9 Å². The van der Waals surface area contributed by atoms with Crippen LogP contribution in [0.25, 0.3) is 0 Å². The second kappa shape index (κ2) is 7.45. The van der Waals surface area contributed by atoms with Crippen LogP contribution in [-0.2, 0) is 10.0 Å². The molecule has 0 spiro atoms. The number of nitro benzene ring substituents is 1. The van der Waals surface area contributed by atoms with Gasteiger partial charge in [-0.05, 0) is 24.8 Å². The quantitative estimate of drug-likeness (QED) is 0.621. The molecule has 1 aliphatic heterocycles. The zero-order chi connectivity index (χ0) is 17.9. The lowest BCUT2D eigenvalue weighted by molar-refractivity contribution is -0.384. The van der Waals surface area contributed by atoms with Gasteiger partial charge < -0.3 is 5.32 Å². The Hall–Kier alpha value is -1.71. The van der Waals surface area contributed by atoms with Crippen molar-refractivity contribution >= 4 is 33.2 Å². The van der Waals surface area contributed by atoms with Gasteiger partial charge >= 0.3 is 0 Å². The smallest absolute Gasteiger partial charge is 0.270 e. The molecule has 0 saturated carbocycles. The van der Waals surface area contributed by atoms with Gasteiger partial charge in [0.2, 0.25) is 10.0 Å². The largest absolute Gasteiger partial charge is 0.352 e. The summed E-state index contributed by atoms with van der Waals surface area (Å²) < 4.78 is 24.3. The van der Waals surface area contributed by atoms with Gasteiger partial charge in [0.25, 0.3) is 11.6 Å². The summed E-state index contributed by atoms with van der Waals surface area (Å²) in [5.41, 5.74) is 0.000496. The Kier molecular flexibility index (Phi) is 5.79. The van der Waals surface area contributed by atoms with E-state index in [1.54, 1.807) is 0 Å². The number of nitrogens with one attached hydrogen (secondary N) is 1. The Morgan fingerprint density at radius 2 is 2.04 bits per heavy atom. The normalized spacial score (nSPS) is 16.8. The van der Waals surface area contributed by atoms with E-state index in [9.17, 15) is 23.3 Å². The summed E-state index contributed by atoms with van der Waals surface area (Å²) in [6.45, 7) is 1.29. The number of carbonyl (C=O) groups excluding carboxylic acids is 1. The van der Waals surface area contributed by atoms with Crippen LogP contribution in [0.1, 0.15) is 23.2 Å². The van der Waals surface area contributed by atoms with E-state index >= 15 is 0 Å². The minimum atomic E-state index is -3.17. The van der Waals surface area contributed by atoms with Crippen LogP contribution in [0.5, 0.6) is 0 Å². The number of hydrogen-bond acceptors (Lipinski definition) is 5. The van der Waals surface area contributed by atoms with E-state index in [0.717, 1.165) is 6.07 Å². The molecule has 0 atom stereocenters. The molecule has 0 aromatic heterocycles. The molecule has 1 saturated heterocycles. The third-order valence-electron chi connectivity index (χ3n) is 4.00.